The predicted octanol–water partition coefficient (Wildman–Crippen LogP) is 2.37. The van der Waals surface area contributed by atoms with Crippen molar-refractivity contribution in [3.63, 3.8) is 0 Å². The smallest absolute Gasteiger partial charge is 0.407 e. The lowest BCUT2D eigenvalue weighted by atomic mass is 10.0. The highest BCUT2D eigenvalue weighted by Crippen LogP contribution is 2.29. The number of nitrogens with zero attached hydrogens (tertiary/aromatic N) is 1. The summed E-state index contributed by atoms with van der Waals surface area (Å²) in [6.45, 7) is 1.54. The van der Waals surface area contributed by atoms with Gasteiger partial charge in [0.1, 0.15) is 0 Å². The van der Waals surface area contributed by atoms with Gasteiger partial charge in [-0.05, 0) is 18.6 Å². The number of carbonyl (C=O) groups is 1. The summed E-state index contributed by atoms with van der Waals surface area (Å²) >= 11 is 5.98. The number of aliphatic hydroxyl groups is 1. The summed E-state index contributed by atoms with van der Waals surface area (Å²) < 4.78 is 0. The third-order valence-corrected chi connectivity index (χ3v) is 2.74. The minimum absolute atomic E-state index is 0.446. The maximum Gasteiger partial charge on any atom is 0.407 e. The van der Waals surface area contributed by atoms with Gasteiger partial charge in [-0.3, -0.25) is 0 Å². The van der Waals surface area contributed by atoms with Gasteiger partial charge >= 0.3 is 6.09 Å². The van der Waals surface area contributed by atoms with Crippen LogP contribution in [-0.2, 0) is 0 Å². The second-order valence-electron chi connectivity index (χ2n) is 3.60. The van der Waals surface area contributed by atoms with E-state index in [0.717, 1.165) is 4.90 Å². The van der Waals surface area contributed by atoms with Gasteiger partial charge in [-0.1, -0.05) is 29.8 Å². The summed E-state index contributed by atoms with van der Waals surface area (Å²) in [6, 6.07) is 6.23. The second kappa shape index (κ2) is 5.18. The highest BCUT2D eigenvalue weighted by molar-refractivity contribution is 6.31. The molecule has 2 N–H and O–H groups in total. The lowest BCUT2D eigenvalue weighted by Crippen LogP contribution is -2.36. The fraction of sp³-hybridized carbons (Fsp3) is 0.364. The van der Waals surface area contributed by atoms with Gasteiger partial charge in [0.2, 0.25) is 0 Å². The van der Waals surface area contributed by atoms with E-state index in [9.17, 15) is 9.90 Å². The monoisotopic (exact) mass is 243 g/mol. The molecule has 88 valence electrons. The molecular weight excluding hydrogens is 230 g/mol. The summed E-state index contributed by atoms with van der Waals surface area (Å²) in [4.78, 5) is 11.9. The summed E-state index contributed by atoms with van der Waals surface area (Å²) in [7, 11) is 1.41. The average Bonchev–Trinajstić information content (AvgIpc) is 2.20. The van der Waals surface area contributed by atoms with Crippen LogP contribution in [0.5, 0.6) is 0 Å². The molecule has 1 rings (SSSR count). The van der Waals surface area contributed by atoms with Gasteiger partial charge < -0.3 is 15.1 Å². The van der Waals surface area contributed by atoms with Gasteiger partial charge in [0.25, 0.3) is 0 Å². The third-order valence-electron chi connectivity index (χ3n) is 2.40. The van der Waals surface area contributed by atoms with Crippen LogP contribution in [0.3, 0.4) is 0 Å². The summed E-state index contributed by atoms with van der Waals surface area (Å²) in [6.07, 6.45) is -1.94. The van der Waals surface area contributed by atoms with Crippen molar-refractivity contribution >= 4 is 17.7 Å². The molecule has 0 saturated heterocycles. The van der Waals surface area contributed by atoms with Crippen molar-refractivity contribution in [2.24, 2.45) is 0 Å². The molecule has 0 saturated carbocycles. The van der Waals surface area contributed by atoms with E-state index in [4.69, 9.17) is 16.7 Å². The molecule has 0 radical (unpaired) electrons. The van der Waals surface area contributed by atoms with Crippen LogP contribution in [0.25, 0.3) is 0 Å². The average molecular weight is 244 g/mol. The molecule has 1 amide bonds. The molecule has 0 aromatic heterocycles. The fourth-order valence-corrected chi connectivity index (χ4v) is 1.87. The van der Waals surface area contributed by atoms with Crippen molar-refractivity contribution in [3.8, 4) is 0 Å². The molecule has 0 aliphatic rings. The van der Waals surface area contributed by atoms with Crippen LogP contribution >= 0.6 is 11.6 Å². The molecule has 0 aliphatic heterocycles. The van der Waals surface area contributed by atoms with Crippen LogP contribution in [0.1, 0.15) is 18.5 Å². The van der Waals surface area contributed by atoms with Gasteiger partial charge in [-0.25, -0.2) is 4.79 Å². The van der Waals surface area contributed by atoms with Crippen molar-refractivity contribution in [3.05, 3.63) is 34.9 Å². The van der Waals surface area contributed by atoms with Crippen molar-refractivity contribution in [1.29, 1.82) is 0 Å². The Labute approximate surface area is 99.1 Å². The summed E-state index contributed by atoms with van der Waals surface area (Å²) in [5.41, 5.74) is 0.601. The minimum atomic E-state index is -1.11. The molecule has 0 unspecified atom stereocenters. The van der Waals surface area contributed by atoms with Gasteiger partial charge in [0.05, 0.1) is 12.1 Å². The van der Waals surface area contributed by atoms with Gasteiger partial charge in [0, 0.05) is 12.1 Å². The lowest BCUT2D eigenvalue weighted by Gasteiger charge is -2.29. The number of carboxylic acid groups (broad SMARTS) is 1. The van der Waals surface area contributed by atoms with E-state index in [-0.39, 0.29) is 0 Å². The number of hydrogen-bond acceptors (Lipinski definition) is 2. The van der Waals surface area contributed by atoms with Gasteiger partial charge in [-0.2, -0.15) is 0 Å². The zero-order valence-corrected chi connectivity index (χ0v) is 9.85. The van der Waals surface area contributed by atoms with E-state index in [1.807, 2.05) is 0 Å². The van der Waals surface area contributed by atoms with E-state index < -0.39 is 18.2 Å². The van der Waals surface area contributed by atoms with E-state index in [0.29, 0.717) is 10.6 Å². The van der Waals surface area contributed by atoms with Crippen LogP contribution in [-0.4, -0.2) is 34.4 Å². The predicted molar refractivity (Wildman–Crippen MR) is 61.7 cm³/mol. The fourth-order valence-electron chi connectivity index (χ4n) is 1.63. The summed E-state index contributed by atoms with van der Waals surface area (Å²) in [5.74, 6) is 0. The number of aliphatic hydroxyl groups excluding tert-OH is 1. The van der Waals surface area contributed by atoms with Crippen LogP contribution < -0.4 is 0 Å². The molecule has 1 aromatic rings. The molecule has 2 atom stereocenters. The van der Waals surface area contributed by atoms with Crippen LogP contribution in [0.2, 0.25) is 5.02 Å². The van der Waals surface area contributed by atoms with E-state index in [1.165, 1.54) is 14.0 Å². The maximum atomic E-state index is 10.9. The number of hydrogen-bond donors (Lipinski definition) is 2. The van der Waals surface area contributed by atoms with E-state index >= 15 is 0 Å². The van der Waals surface area contributed by atoms with Crippen LogP contribution in [0, 0.1) is 0 Å². The first kappa shape index (κ1) is 12.8. The minimum Gasteiger partial charge on any atom is -0.465 e. The molecule has 5 heteroatoms. The first-order valence-electron chi connectivity index (χ1n) is 4.83. The topological polar surface area (TPSA) is 60.8 Å². The Morgan fingerprint density at radius 1 is 1.44 bits per heavy atom. The third kappa shape index (κ3) is 2.65. The van der Waals surface area contributed by atoms with E-state index in [1.54, 1.807) is 24.3 Å². The van der Waals surface area contributed by atoms with E-state index in [2.05, 4.69) is 0 Å². The maximum absolute atomic E-state index is 10.9. The molecule has 0 fully saturated rings. The Morgan fingerprint density at radius 2 is 2.00 bits per heavy atom. The Hall–Kier alpha value is -1.26. The number of likely N-dealkylation sites (N-methyl/N-ethyl adjacent to an activating group) is 1. The zero-order valence-electron chi connectivity index (χ0n) is 9.09. The number of rotatable bonds is 3. The molecule has 4 nitrogen and oxygen atoms in total. The summed E-state index contributed by atoms with van der Waals surface area (Å²) in [5, 5.41) is 19.0. The number of amides is 1. The van der Waals surface area contributed by atoms with Crippen LogP contribution in [0.4, 0.5) is 4.79 Å². The first-order chi connectivity index (χ1) is 7.45. The highest BCUT2D eigenvalue weighted by Gasteiger charge is 2.27. The van der Waals surface area contributed by atoms with Gasteiger partial charge in [-0.15, -0.1) is 0 Å². The highest BCUT2D eigenvalue weighted by atomic mass is 35.5. The Morgan fingerprint density at radius 3 is 2.44 bits per heavy atom. The molecule has 16 heavy (non-hydrogen) atoms. The van der Waals surface area contributed by atoms with Crippen LogP contribution in [0.15, 0.2) is 24.3 Å². The lowest BCUT2D eigenvalue weighted by molar-refractivity contribution is 0.0699. The van der Waals surface area contributed by atoms with Gasteiger partial charge in [0.15, 0.2) is 0 Å². The normalized spacial score (nSPS) is 14.2. The molecule has 0 aliphatic carbocycles. The first-order valence-corrected chi connectivity index (χ1v) is 5.21. The number of benzene rings is 1. The molecule has 0 bridgehead atoms. The Balaban J connectivity index is 3.13. The Bertz CT molecular complexity index is 381. The van der Waals surface area contributed by atoms with Crippen molar-refractivity contribution in [2.45, 2.75) is 19.1 Å². The SMILES string of the molecule is C[C@H](O)[C@H](c1ccccc1Cl)N(C)C(=O)O. The standard InChI is InChI=1S/C11H14ClNO3/c1-7(14)10(13(2)11(15)16)8-5-3-4-6-9(8)12/h3-7,10,14H,1-2H3,(H,15,16)/t7-,10+/m0/s1. The molecular formula is C11H14ClNO3. The number of halogens is 1. The zero-order chi connectivity index (χ0) is 12.3. The quantitative estimate of drug-likeness (QED) is 0.857. The molecule has 1 aromatic carbocycles. The molecule has 0 spiro atoms. The van der Waals surface area contributed by atoms with Crippen molar-refractivity contribution in [2.75, 3.05) is 7.05 Å². The molecule has 0 heterocycles. The Kier molecular flexibility index (Phi) is 4.15. The van der Waals surface area contributed by atoms with Crippen molar-refractivity contribution < 1.29 is 15.0 Å². The second-order valence-corrected chi connectivity index (χ2v) is 4.01. The van der Waals surface area contributed by atoms with Crippen molar-refractivity contribution in [1.82, 2.24) is 4.90 Å². The largest absolute Gasteiger partial charge is 0.465 e.